The maximum absolute atomic E-state index is 11.6. The molecule has 0 bridgehead atoms. The molecule has 1 aromatic rings. The average molecular weight is 287 g/mol. The van der Waals surface area contributed by atoms with Gasteiger partial charge in [-0.2, -0.15) is 0 Å². The summed E-state index contributed by atoms with van der Waals surface area (Å²) in [6, 6.07) is 4.97. The number of rotatable bonds is 4. The van der Waals surface area contributed by atoms with Gasteiger partial charge in [-0.1, -0.05) is 13.8 Å². The maximum atomic E-state index is 11.6. The van der Waals surface area contributed by atoms with Crippen LogP contribution in [0.4, 0.5) is 5.69 Å². The first-order valence-corrected chi connectivity index (χ1v) is 5.77. The van der Waals surface area contributed by atoms with Crippen LogP contribution in [-0.2, 0) is 4.84 Å². The number of nitrogens with two attached hydrogens (primary N) is 1. The second kappa shape index (κ2) is 5.86. The first-order chi connectivity index (χ1) is 7.50. The van der Waals surface area contributed by atoms with Crippen LogP contribution in [0.2, 0.25) is 0 Å². The predicted octanol–water partition coefficient (Wildman–Crippen LogP) is 2.35. The minimum Gasteiger partial charge on any atom is -0.398 e. The van der Waals surface area contributed by atoms with Crippen molar-refractivity contribution in [1.82, 2.24) is 5.48 Å². The van der Waals surface area contributed by atoms with Crippen LogP contribution in [-0.4, -0.2) is 12.5 Å². The first kappa shape index (κ1) is 13.0. The van der Waals surface area contributed by atoms with Crippen LogP contribution < -0.4 is 11.2 Å². The van der Waals surface area contributed by atoms with Gasteiger partial charge in [-0.25, -0.2) is 5.48 Å². The Morgan fingerprint density at radius 3 is 2.81 bits per heavy atom. The van der Waals surface area contributed by atoms with E-state index in [0.717, 1.165) is 0 Å². The van der Waals surface area contributed by atoms with Gasteiger partial charge in [0.1, 0.15) is 0 Å². The molecule has 0 spiro atoms. The van der Waals surface area contributed by atoms with E-state index >= 15 is 0 Å². The van der Waals surface area contributed by atoms with E-state index in [1.807, 2.05) is 13.8 Å². The molecule has 0 unspecified atom stereocenters. The van der Waals surface area contributed by atoms with Crippen molar-refractivity contribution < 1.29 is 9.63 Å². The van der Waals surface area contributed by atoms with Crippen molar-refractivity contribution in [3.8, 4) is 0 Å². The van der Waals surface area contributed by atoms with Gasteiger partial charge in [0, 0.05) is 15.7 Å². The number of anilines is 1. The third-order valence-corrected chi connectivity index (χ3v) is 2.53. The van der Waals surface area contributed by atoms with E-state index in [-0.39, 0.29) is 5.91 Å². The second-order valence-electron chi connectivity index (χ2n) is 3.87. The predicted molar refractivity (Wildman–Crippen MR) is 66.8 cm³/mol. The van der Waals surface area contributed by atoms with Crippen molar-refractivity contribution in [1.29, 1.82) is 0 Å². The highest BCUT2D eigenvalue weighted by atomic mass is 79.9. The third-order valence-electron chi connectivity index (χ3n) is 1.84. The molecule has 88 valence electrons. The molecule has 1 aromatic carbocycles. The number of hydroxylamine groups is 1. The summed E-state index contributed by atoms with van der Waals surface area (Å²) in [4.78, 5) is 16.6. The lowest BCUT2D eigenvalue weighted by molar-refractivity contribution is 0.0208. The Kier molecular flexibility index (Phi) is 4.76. The number of hydrogen-bond donors (Lipinski definition) is 2. The molecule has 3 N–H and O–H groups in total. The standard InChI is InChI=1S/C11H15BrN2O2/c1-7(2)6-16-14-11(15)8-3-4-10(13)9(12)5-8/h3-5,7H,6,13H2,1-2H3,(H,14,15). The van der Waals surface area contributed by atoms with E-state index in [9.17, 15) is 4.79 Å². The minimum atomic E-state index is -0.277. The molecule has 0 aliphatic carbocycles. The van der Waals surface area contributed by atoms with Gasteiger partial charge < -0.3 is 5.73 Å². The molecule has 0 aliphatic heterocycles. The fraction of sp³-hybridized carbons (Fsp3) is 0.364. The van der Waals surface area contributed by atoms with E-state index in [2.05, 4.69) is 21.4 Å². The molecule has 0 aromatic heterocycles. The average Bonchev–Trinajstić information content (AvgIpc) is 2.21. The van der Waals surface area contributed by atoms with E-state index in [4.69, 9.17) is 10.6 Å². The van der Waals surface area contributed by atoms with Gasteiger partial charge in [0.2, 0.25) is 0 Å². The number of halogens is 1. The summed E-state index contributed by atoms with van der Waals surface area (Å²) in [7, 11) is 0. The molecule has 0 saturated carbocycles. The number of benzene rings is 1. The zero-order valence-corrected chi connectivity index (χ0v) is 10.9. The number of nitrogen functional groups attached to an aromatic ring is 1. The summed E-state index contributed by atoms with van der Waals surface area (Å²) in [6.45, 7) is 4.50. The molecule has 1 amide bonds. The van der Waals surface area contributed by atoms with Crippen molar-refractivity contribution in [3.63, 3.8) is 0 Å². The smallest absolute Gasteiger partial charge is 0.274 e. The number of nitrogens with one attached hydrogen (secondary N) is 1. The fourth-order valence-corrected chi connectivity index (χ4v) is 1.38. The van der Waals surface area contributed by atoms with Gasteiger partial charge in [0.05, 0.1) is 6.61 Å². The topological polar surface area (TPSA) is 64.3 Å². The summed E-state index contributed by atoms with van der Waals surface area (Å²) in [5.41, 5.74) is 9.10. The van der Waals surface area contributed by atoms with Crippen molar-refractivity contribution in [2.24, 2.45) is 5.92 Å². The molecular formula is C11H15BrN2O2. The van der Waals surface area contributed by atoms with Crippen molar-refractivity contribution >= 4 is 27.5 Å². The summed E-state index contributed by atoms with van der Waals surface area (Å²) >= 11 is 3.26. The van der Waals surface area contributed by atoms with Crippen LogP contribution in [0.15, 0.2) is 22.7 Å². The normalized spacial score (nSPS) is 10.5. The van der Waals surface area contributed by atoms with Gasteiger partial charge in [0.25, 0.3) is 5.91 Å². The van der Waals surface area contributed by atoms with Crippen LogP contribution in [0.5, 0.6) is 0 Å². The summed E-state index contributed by atoms with van der Waals surface area (Å²) in [5.74, 6) is 0.0970. The molecular weight excluding hydrogens is 272 g/mol. The lowest BCUT2D eigenvalue weighted by atomic mass is 10.2. The molecule has 0 heterocycles. The van der Waals surface area contributed by atoms with Gasteiger partial charge in [-0.05, 0) is 40.0 Å². The van der Waals surface area contributed by atoms with Gasteiger partial charge in [0.15, 0.2) is 0 Å². The number of carbonyl (C=O) groups is 1. The van der Waals surface area contributed by atoms with Crippen molar-refractivity contribution in [2.75, 3.05) is 12.3 Å². The van der Waals surface area contributed by atoms with Gasteiger partial charge >= 0.3 is 0 Å². The molecule has 0 radical (unpaired) electrons. The Bertz CT molecular complexity index is 380. The first-order valence-electron chi connectivity index (χ1n) is 4.98. The lowest BCUT2D eigenvalue weighted by Crippen LogP contribution is -2.25. The van der Waals surface area contributed by atoms with E-state index in [1.54, 1.807) is 18.2 Å². The number of hydrogen-bond acceptors (Lipinski definition) is 3. The fourth-order valence-electron chi connectivity index (χ4n) is 1.00. The Balaban J connectivity index is 2.56. The van der Waals surface area contributed by atoms with Gasteiger partial charge in [-0.3, -0.25) is 9.63 Å². The zero-order chi connectivity index (χ0) is 12.1. The molecule has 0 aliphatic rings. The van der Waals surface area contributed by atoms with E-state index < -0.39 is 0 Å². The molecule has 5 heteroatoms. The molecule has 1 rings (SSSR count). The highest BCUT2D eigenvalue weighted by molar-refractivity contribution is 9.10. The highest BCUT2D eigenvalue weighted by Gasteiger charge is 2.07. The molecule has 0 atom stereocenters. The molecule has 0 fully saturated rings. The van der Waals surface area contributed by atoms with Crippen LogP contribution >= 0.6 is 15.9 Å². The SMILES string of the molecule is CC(C)CONC(=O)c1ccc(N)c(Br)c1. The van der Waals surface area contributed by atoms with E-state index in [0.29, 0.717) is 28.2 Å². The highest BCUT2D eigenvalue weighted by Crippen LogP contribution is 2.20. The Labute approximate surface area is 103 Å². The largest absolute Gasteiger partial charge is 0.398 e. The zero-order valence-electron chi connectivity index (χ0n) is 9.29. The minimum absolute atomic E-state index is 0.277. The molecule has 16 heavy (non-hydrogen) atoms. The van der Waals surface area contributed by atoms with Gasteiger partial charge in [-0.15, -0.1) is 0 Å². The maximum Gasteiger partial charge on any atom is 0.274 e. The summed E-state index contributed by atoms with van der Waals surface area (Å²) < 4.78 is 0.698. The lowest BCUT2D eigenvalue weighted by Gasteiger charge is -2.08. The van der Waals surface area contributed by atoms with Crippen LogP contribution in [0.3, 0.4) is 0 Å². The number of carbonyl (C=O) groups excluding carboxylic acids is 1. The number of amides is 1. The molecule has 0 saturated heterocycles. The quantitative estimate of drug-likeness (QED) is 0.660. The second-order valence-corrected chi connectivity index (χ2v) is 4.73. The molecule has 4 nitrogen and oxygen atoms in total. The van der Waals surface area contributed by atoms with Crippen LogP contribution in [0.25, 0.3) is 0 Å². The monoisotopic (exact) mass is 286 g/mol. The summed E-state index contributed by atoms with van der Waals surface area (Å²) in [5, 5.41) is 0. The third kappa shape index (κ3) is 3.83. The van der Waals surface area contributed by atoms with Crippen molar-refractivity contribution in [2.45, 2.75) is 13.8 Å². The summed E-state index contributed by atoms with van der Waals surface area (Å²) in [6.07, 6.45) is 0. The van der Waals surface area contributed by atoms with Crippen LogP contribution in [0.1, 0.15) is 24.2 Å². The Hall–Kier alpha value is -1.07. The Morgan fingerprint density at radius 2 is 2.25 bits per heavy atom. The van der Waals surface area contributed by atoms with Crippen LogP contribution in [0, 0.1) is 5.92 Å². The Morgan fingerprint density at radius 1 is 1.56 bits per heavy atom. The van der Waals surface area contributed by atoms with E-state index in [1.165, 1.54) is 0 Å². The van der Waals surface area contributed by atoms with Crippen molar-refractivity contribution in [3.05, 3.63) is 28.2 Å².